The molecule has 0 aliphatic heterocycles. The topological polar surface area (TPSA) is 54.0 Å². The zero-order chi connectivity index (χ0) is 14.8. The number of nitrogens with zero attached hydrogens (tertiary/aromatic N) is 3. The monoisotopic (exact) mass is 282 g/mol. The Kier molecular flexibility index (Phi) is 3.48. The van der Waals surface area contributed by atoms with Crippen LogP contribution in [0.5, 0.6) is 5.75 Å². The standard InChI is InChI=1S/C16H18N4O/c1-4-21-13-8-6-5-7-11(13)15-17-12-9-10-14(20(2)3)18-16(12)19-15/h5-10H,4H2,1-3H3,(H,17,18,19). The van der Waals surface area contributed by atoms with Crippen LogP contribution in [-0.4, -0.2) is 35.7 Å². The Morgan fingerprint density at radius 2 is 1.90 bits per heavy atom. The van der Waals surface area contributed by atoms with E-state index in [1.165, 1.54) is 0 Å². The fourth-order valence-electron chi connectivity index (χ4n) is 2.20. The van der Waals surface area contributed by atoms with Crippen LogP contribution in [0.2, 0.25) is 0 Å². The largest absolute Gasteiger partial charge is 0.493 e. The van der Waals surface area contributed by atoms with Crippen LogP contribution >= 0.6 is 0 Å². The molecule has 0 bridgehead atoms. The molecule has 0 fully saturated rings. The van der Waals surface area contributed by atoms with E-state index in [-0.39, 0.29) is 0 Å². The molecule has 5 nitrogen and oxygen atoms in total. The van der Waals surface area contributed by atoms with Crippen LogP contribution in [0.3, 0.4) is 0 Å². The molecule has 2 aromatic heterocycles. The summed E-state index contributed by atoms with van der Waals surface area (Å²) < 4.78 is 5.66. The molecule has 3 rings (SSSR count). The van der Waals surface area contributed by atoms with Gasteiger partial charge in [0.15, 0.2) is 5.65 Å². The molecule has 0 saturated heterocycles. The minimum Gasteiger partial charge on any atom is -0.493 e. The van der Waals surface area contributed by atoms with Gasteiger partial charge in [0, 0.05) is 14.1 Å². The molecule has 0 saturated carbocycles. The number of para-hydroxylation sites is 1. The minimum atomic E-state index is 0.625. The van der Waals surface area contributed by atoms with Crippen LogP contribution in [0, 0.1) is 0 Å². The number of aromatic amines is 1. The van der Waals surface area contributed by atoms with Crippen molar-refractivity contribution in [1.82, 2.24) is 15.0 Å². The summed E-state index contributed by atoms with van der Waals surface area (Å²) in [6.07, 6.45) is 0. The van der Waals surface area contributed by atoms with Crippen LogP contribution in [0.1, 0.15) is 6.92 Å². The quantitative estimate of drug-likeness (QED) is 0.799. The Balaban J connectivity index is 2.09. The highest BCUT2D eigenvalue weighted by molar-refractivity contribution is 5.79. The third kappa shape index (κ3) is 2.54. The van der Waals surface area contributed by atoms with E-state index in [2.05, 4.69) is 15.0 Å². The number of fused-ring (bicyclic) bond motifs is 1. The molecule has 3 aromatic rings. The van der Waals surface area contributed by atoms with E-state index in [0.717, 1.165) is 28.5 Å². The van der Waals surface area contributed by atoms with Gasteiger partial charge in [0.2, 0.25) is 0 Å². The first kappa shape index (κ1) is 13.4. The van der Waals surface area contributed by atoms with Gasteiger partial charge in [0.1, 0.15) is 17.4 Å². The maximum Gasteiger partial charge on any atom is 0.180 e. The van der Waals surface area contributed by atoms with Crippen molar-refractivity contribution in [1.29, 1.82) is 0 Å². The van der Waals surface area contributed by atoms with Crippen molar-refractivity contribution >= 4 is 17.0 Å². The molecule has 108 valence electrons. The van der Waals surface area contributed by atoms with Gasteiger partial charge in [0.05, 0.1) is 17.7 Å². The summed E-state index contributed by atoms with van der Waals surface area (Å²) in [5, 5.41) is 0. The second-order valence-electron chi connectivity index (χ2n) is 4.95. The number of rotatable bonds is 4. The van der Waals surface area contributed by atoms with Gasteiger partial charge >= 0.3 is 0 Å². The summed E-state index contributed by atoms with van der Waals surface area (Å²) in [5.74, 6) is 2.49. The summed E-state index contributed by atoms with van der Waals surface area (Å²) >= 11 is 0. The van der Waals surface area contributed by atoms with Crippen molar-refractivity contribution in [3.8, 4) is 17.1 Å². The lowest BCUT2D eigenvalue weighted by Gasteiger charge is -2.09. The van der Waals surface area contributed by atoms with E-state index in [9.17, 15) is 0 Å². The number of ether oxygens (including phenoxy) is 1. The predicted molar refractivity (Wildman–Crippen MR) is 84.8 cm³/mol. The van der Waals surface area contributed by atoms with E-state index in [0.29, 0.717) is 12.3 Å². The number of hydrogen-bond acceptors (Lipinski definition) is 4. The highest BCUT2D eigenvalue weighted by Crippen LogP contribution is 2.29. The van der Waals surface area contributed by atoms with E-state index < -0.39 is 0 Å². The Hall–Kier alpha value is -2.56. The maximum atomic E-state index is 5.66. The van der Waals surface area contributed by atoms with Gasteiger partial charge in [-0.15, -0.1) is 0 Å². The zero-order valence-corrected chi connectivity index (χ0v) is 12.4. The van der Waals surface area contributed by atoms with E-state index in [4.69, 9.17) is 4.74 Å². The Labute approximate surface area is 123 Å². The van der Waals surface area contributed by atoms with Crippen molar-refractivity contribution < 1.29 is 4.74 Å². The summed E-state index contributed by atoms with van der Waals surface area (Å²) in [7, 11) is 3.93. The fourth-order valence-corrected chi connectivity index (χ4v) is 2.20. The first-order valence-corrected chi connectivity index (χ1v) is 6.95. The molecule has 21 heavy (non-hydrogen) atoms. The van der Waals surface area contributed by atoms with Crippen molar-refractivity contribution in [2.24, 2.45) is 0 Å². The number of hydrogen-bond donors (Lipinski definition) is 1. The van der Waals surface area contributed by atoms with Gasteiger partial charge in [0.25, 0.3) is 0 Å². The van der Waals surface area contributed by atoms with Crippen LogP contribution in [0.15, 0.2) is 36.4 Å². The van der Waals surface area contributed by atoms with Crippen LogP contribution in [0.4, 0.5) is 5.82 Å². The number of aromatic nitrogens is 3. The van der Waals surface area contributed by atoms with Gasteiger partial charge in [-0.3, -0.25) is 0 Å². The van der Waals surface area contributed by atoms with Crippen LogP contribution in [-0.2, 0) is 0 Å². The van der Waals surface area contributed by atoms with Gasteiger partial charge in [-0.05, 0) is 31.2 Å². The highest BCUT2D eigenvalue weighted by Gasteiger charge is 2.11. The van der Waals surface area contributed by atoms with Crippen molar-refractivity contribution in [2.75, 3.05) is 25.6 Å². The Morgan fingerprint density at radius 3 is 2.67 bits per heavy atom. The zero-order valence-electron chi connectivity index (χ0n) is 12.4. The normalized spacial score (nSPS) is 10.8. The molecule has 0 aliphatic rings. The molecule has 1 N–H and O–H groups in total. The molecule has 0 aliphatic carbocycles. The van der Waals surface area contributed by atoms with Gasteiger partial charge in [-0.2, -0.15) is 0 Å². The Bertz CT molecular complexity index is 764. The number of pyridine rings is 1. The number of H-pyrrole nitrogens is 1. The second kappa shape index (κ2) is 5.44. The van der Waals surface area contributed by atoms with E-state index in [1.807, 2.05) is 62.3 Å². The molecule has 0 amide bonds. The average molecular weight is 282 g/mol. The lowest BCUT2D eigenvalue weighted by atomic mass is 10.2. The van der Waals surface area contributed by atoms with Crippen LogP contribution in [0.25, 0.3) is 22.6 Å². The third-order valence-corrected chi connectivity index (χ3v) is 3.23. The minimum absolute atomic E-state index is 0.625. The van der Waals surface area contributed by atoms with Crippen LogP contribution < -0.4 is 9.64 Å². The van der Waals surface area contributed by atoms with Crippen molar-refractivity contribution in [3.05, 3.63) is 36.4 Å². The summed E-state index contributed by atoms with van der Waals surface area (Å²) in [5.41, 5.74) is 2.58. The molecular weight excluding hydrogens is 264 g/mol. The molecule has 1 aromatic carbocycles. The average Bonchev–Trinajstić information content (AvgIpc) is 2.90. The molecule has 0 spiro atoms. The van der Waals surface area contributed by atoms with Crippen molar-refractivity contribution in [2.45, 2.75) is 6.92 Å². The molecule has 0 radical (unpaired) electrons. The van der Waals surface area contributed by atoms with E-state index >= 15 is 0 Å². The number of benzene rings is 1. The Morgan fingerprint density at radius 1 is 1.10 bits per heavy atom. The second-order valence-corrected chi connectivity index (χ2v) is 4.95. The molecular formula is C16H18N4O. The SMILES string of the molecule is CCOc1ccccc1-c1nc2nc(N(C)C)ccc2[nH]1. The molecule has 5 heteroatoms. The third-order valence-electron chi connectivity index (χ3n) is 3.23. The summed E-state index contributed by atoms with van der Waals surface area (Å²) in [6, 6.07) is 11.8. The highest BCUT2D eigenvalue weighted by atomic mass is 16.5. The predicted octanol–water partition coefficient (Wildman–Crippen LogP) is 3.09. The smallest absolute Gasteiger partial charge is 0.180 e. The van der Waals surface area contributed by atoms with Gasteiger partial charge in [-0.1, -0.05) is 12.1 Å². The summed E-state index contributed by atoms with van der Waals surface area (Å²) in [4.78, 5) is 14.4. The lowest BCUT2D eigenvalue weighted by molar-refractivity contribution is 0.341. The molecule has 0 atom stereocenters. The molecule has 0 unspecified atom stereocenters. The van der Waals surface area contributed by atoms with Crippen molar-refractivity contribution in [3.63, 3.8) is 0 Å². The van der Waals surface area contributed by atoms with Gasteiger partial charge < -0.3 is 14.6 Å². The number of anilines is 1. The van der Waals surface area contributed by atoms with Gasteiger partial charge in [-0.25, -0.2) is 9.97 Å². The summed E-state index contributed by atoms with van der Waals surface area (Å²) in [6.45, 7) is 2.60. The maximum absolute atomic E-state index is 5.66. The first-order chi connectivity index (χ1) is 10.2. The number of nitrogens with one attached hydrogen (secondary N) is 1. The molecule has 2 heterocycles. The lowest BCUT2D eigenvalue weighted by Crippen LogP contribution is -2.10. The van der Waals surface area contributed by atoms with E-state index in [1.54, 1.807) is 0 Å². The fraction of sp³-hybridized carbons (Fsp3) is 0.250. The number of imidazole rings is 1. The first-order valence-electron chi connectivity index (χ1n) is 6.95.